The first-order valence-corrected chi connectivity index (χ1v) is 8.84. The van der Waals surface area contributed by atoms with Crippen LogP contribution in [0, 0.1) is 18.3 Å². The summed E-state index contributed by atoms with van der Waals surface area (Å²) in [6.45, 7) is 7.04. The zero-order valence-corrected chi connectivity index (χ0v) is 14.7. The third-order valence-corrected chi connectivity index (χ3v) is 7.75. The van der Waals surface area contributed by atoms with Gasteiger partial charge in [0.05, 0.1) is 8.61 Å². The van der Waals surface area contributed by atoms with E-state index >= 15 is 0 Å². The zero-order valence-electron chi connectivity index (χ0n) is 10.7. The molecule has 0 amide bonds. The SMILES string of the molecule is Cc1cc(C(Br)C2CCCCC2(C)C)sc1Br. The first-order valence-electron chi connectivity index (χ1n) is 6.32. The summed E-state index contributed by atoms with van der Waals surface area (Å²) in [6, 6.07) is 2.33. The van der Waals surface area contributed by atoms with Crippen molar-refractivity contribution in [2.45, 2.75) is 51.3 Å². The van der Waals surface area contributed by atoms with Crippen LogP contribution in [-0.2, 0) is 0 Å². The molecule has 1 aliphatic carbocycles. The molecular weight excluding hydrogens is 360 g/mol. The van der Waals surface area contributed by atoms with Crippen molar-refractivity contribution in [1.82, 2.24) is 0 Å². The molecule has 0 spiro atoms. The molecule has 1 aromatic rings. The highest BCUT2D eigenvalue weighted by Crippen LogP contribution is 2.51. The van der Waals surface area contributed by atoms with Crippen LogP contribution in [0.5, 0.6) is 0 Å². The van der Waals surface area contributed by atoms with Crippen molar-refractivity contribution in [3.63, 3.8) is 0 Å². The van der Waals surface area contributed by atoms with Gasteiger partial charge in [-0.3, -0.25) is 0 Å². The Bertz CT molecular complexity index is 375. The topological polar surface area (TPSA) is 0 Å². The van der Waals surface area contributed by atoms with Gasteiger partial charge >= 0.3 is 0 Å². The fourth-order valence-corrected chi connectivity index (χ4v) is 5.89. The summed E-state index contributed by atoms with van der Waals surface area (Å²) in [4.78, 5) is 2.00. The Morgan fingerprint density at radius 2 is 2.12 bits per heavy atom. The van der Waals surface area contributed by atoms with Crippen molar-refractivity contribution in [2.75, 3.05) is 0 Å². The molecule has 1 aliphatic rings. The number of rotatable bonds is 2. The molecule has 3 heteroatoms. The Morgan fingerprint density at radius 3 is 2.65 bits per heavy atom. The first kappa shape index (κ1) is 14.1. The lowest BCUT2D eigenvalue weighted by molar-refractivity contribution is 0.137. The number of halogens is 2. The second-order valence-corrected chi connectivity index (χ2v) is 9.24. The summed E-state index contributed by atoms with van der Waals surface area (Å²) in [7, 11) is 0. The normalized spacial score (nSPS) is 25.8. The fraction of sp³-hybridized carbons (Fsp3) is 0.714. The predicted molar refractivity (Wildman–Crippen MR) is 84.2 cm³/mol. The molecule has 0 bridgehead atoms. The van der Waals surface area contributed by atoms with Crippen LogP contribution in [0.3, 0.4) is 0 Å². The Kier molecular flexibility index (Phi) is 4.42. The Balaban J connectivity index is 2.21. The van der Waals surface area contributed by atoms with Crippen LogP contribution in [0.2, 0.25) is 0 Å². The molecule has 1 saturated carbocycles. The number of aryl methyl sites for hydroxylation is 1. The van der Waals surface area contributed by atoms with E-state index in [9.17, 15) is 0 Å². The average molecular weight is 380 g/mol. The molecule has 2 atom stereocenters. The number of hydrogen-bond acceptors (Lipinski definition) is 1. The maximum atomic E-state index is 3.96. The van der Waals surface area contributed by atoms with Gasteiger partial charge in [-0.05, 0) is 58.7 Å². The van der Waals surface area contributed by atoms with Gasteiger partial charge < -0.3 is 0 Å². The second-order valence-electron chi connectivity index (χ2n) is 5.85. The van der Waals surface area contributed by atoms with Gasteiger partial charge in [0, 0.05) is 4.88 Å². The van der Waals surface area contributed by atoms with Crippen LogP contribution in [0.4, 0.5) is 0 Å². The average Bonchev–Trinajstić information content (AvgIpc) is 2.58. The lowest BCUT2D eigenvalue weighted by atomic mass is 9.67. The van der Waals surface area contributed by atoms with Gasteiger partial charge in [0.25, 0.3) is 0 Å². The van der Waals surface area contributed by atoms with E-state index in [1.807, 2.05) is 11.3 Å². The lowest BCUT2D eigenvalue weighted by Gasteiger charge is -2.41. The van der Waals surface area contributed by atoms with E-state index in [1.165, 1.54) is 39.9 Å². The molecule has 0 aromatic carbocycles. The van der Waals surface area contributed by atoms with E-state index in [0.717, 1.165) is 5.92 Å². The van der Waals surface area contributed by atoms with Gasteiger partial charge in [-0.2, -0.15) is 0 Å². The van der Waals surface area contributed by atoms with E-state index < -0.39 is 0 Å². The monoisotopic (exact) mass is 378 g/mol. The van der Waals surface area contributed by atoms with Gasteiger partial charge in [-0.15, -0.1) is 11.3 Å². The molecule has 0 radical (unpaired) electrons. The third-order valence-electron chi connectivity index (χ3n) is 4.09. The number of thiophene rings is 1. The van der Waals surface area contributed by atoms with Crippen LogP contribution in [0.25, 0.3) is 0 Å². The molecule has 0 N–H and O–H groups in total. The summed E-state index contributed by atoms with van der Waals surface area (Å²) >= 11 is 9.48. The van der Waals surface area contributed by atoms with Crippen molar-refractivity contribution >= 4 is 43.2 Å². The molecule has 2 unspecified atom stereocenters. The van der Waals surface area contributed by atoms with E-state index in [4.69, 9.17) is 0 Å². The molecule has 2 rings (SSSR count). The number of hydrogen-bond donors (Lipinski definition) is 0. The van der Waals surface area contributed by atoms with Crippen LogP contribution < -0.4 is 0 Å². The molecule has 1 fully saturated rings. The molecule has 96 valence electrons. The summed E-state index contributed by atoms with van der Waals surface area (Å²) in [6.07, 6.45) is 5.51. The van der Waals surface area contributed by atoms with Gasteiger partial charge in [-0.25, -0.2) is 0 Å². The highest BCUT2D eigenvalue weighted by molar-refractivity contribution is 9.11. The molecular formula is C14H20Br2S. The standard InChI is InChI=1S/C14H20Br2S/c1-9-8-11(17-13(9)16)12(15)10-6-4-5-7-14(10,2)3/h8,10,12H,4-7H2,1-3H3. The quantitative estimate of drug-likeness (QED) is 0.516. The maximum Gasteiger partial charge on any atom is 0.0730 e. The second kappa shape index (κ2) is 5.34. The highest BCUT2D eigenvalue weighted by Gasteiger charge is 2.37. The van der Waals surface area contributed by atoms with Gasteiger partial charge in [-0.1, -0.05) is 42.6 Å². The van der Waals surface area contributed by atoms with Gasteiger partial charge in [0.1, 0.15) is 0 Å². The highest BCUT2D eigenvalue weighted by atomic mass is 79.9. The van der Waals surface area contributed by atoms with Crippen molar-refractivity contribution < 1.29 is 0 Å². The molecule has 0 nitrogen and oxygen atoms in total. The van der Waals surface area contributed by atoms with E-state index in [-0.39, 0.29) is 0 Å². The summed E-state index contributed by atoms with van der Waals surface area (Å²) in [5.74, 6) is 0.765. The molecule has 0 saturated heterocycles. The zero-order chi connectivity index (χ0) is 12.6. The largest absolute Gasteiger partial charge is 0.132 e. The number of alkyl halides is 1. The first-order chi connectivity index (χ1) is 7.92. The van der Waals surface area contributed by atoms with Crippen LogP contribution >= 0.6 is 43.2 Å². The maximum absolute atomic E-state index is 3.96. The van der Waals surface area contributed by atoms with Crippen molar-refractivity contribution in [3.8, 4) is 0 Å². The molecule has 1 heterocycles. The van der Waals surface area contributed by atoms with E-state index in [1.54, 1.807) is 0 Å². The van der Waals surface area contributed by atoms with Crippen molar-refractivity contribution in [3.05, 3.63) is 20.3 Å². The van der Waals surface area contributed by atoms with Gasteiger partial charge in [0.15, 0.2) is 0 Å². The molecule has 17 heavy (non-hydrogen) atoms. The summed E-state index contributed by atoms with van der Waals surface area (Å²) < 4.78 is 1.28. The predicted octanol–water partition coefficient (Wildman–Crippen LogP) is 6.47. The summed E-state index contributed by atoms with van der Waals surface area (Å²) in [5.41, 5.74) is 1.83. The Morgan fingerprint density at radius 1 is 1.41 bits per heavy atom. The minimum absolute atomic E-state index is 0.469. The summed E-state index contributed by atoms with van der Waals surface area (Å²) in [5, 5.41) is 0. The van der Waals surface area contributed by atoms with E-state index in [0.29, 0.717) is 10.2 Å². The third kappa shape index (κ3) is 2.98. The molecule has 1 aromatic heterocycles. The Labute approximate surface area is 125 Å². The van der Waals surface area contributed by atoms with Crippen LogP contribution in [-0.4, -0.2) is 0 Å². The molecule has 0 aliphatic heterocycles. The van der Waals surface area contributed by atoms with Gasteiger partial charge in [0.2, 0.25) is 0 Å². The minimum Gasteiger partial charge on any atom is -0.132 e. The fourth-order valence-electron chi connectivity index (χ4n) is 2.88. The minimum atomic E-state index is 0.469. The van der Waals surface area contributed by atoms with Crippen molar-refractivity contribution in [2.24, 2.45) is 11.3 Å². The van der Waals surface area contributed by atoms with Crippen LogP contribution in [0.15, 0.2) is 9.85 Å². The van der Waals surface area contributed by atoms with Crippen molar-refractivity contribution in [1.29, 1.82) is 0 Å². The smallest absolute Gasteiger partial charge is 0.0730 e. The Hall–Kier alpha value is 0.660. The van der Waals surface area contributed by atoms with Crippen LogP contribution in [0.1, 0.15) is 54.8 Å². The lowest BCUT2D eigenvalue weighted by Crippen LogP contribution is -2.30. The van der Waals surface area contributed by atoms with E-state index in [2.05, 4.69) is 58.7 Å².